The van der Waals surface area contributed by atoms with E-state index in [0.717, 1.165) is 37.6 Å². The predicted octanol–water partition coefficient (Wildman–Crippen LogP) is 3.27. The van der Waals surface area contributed by atoms with Gasteiger partial charge in [-0.2, -0.15) is 0 Å². The van der Waals surface area contributed by atoms with Gasteiger partial charge in [0.05, 0.1) is 18.9 Å². The predicted molar refractivity (Wildman–Crippen MR) is 83.2 cm³/mol. The van der Waals surface area contributed by atoms with Crippen LogP contribution in [0.15, 0.2) is 59.6 Å². The average molecular weight is 266 g/mol. The Morgan fingerprint density at radius 2 is 1.60 bits per heavy atom. The van der Waals surface area contributed by atoms with Gasteiger partial charge in [0, 0.05) is 30.6 Å². The summed E-state index contributed by atoms with van der Waals surface area (Å²) in [5, 5.41) is 0. The molecule has 102 valence electrons. The van der Waals surface area contributed by atoms with E-state index >= 15 is 0 Å². The second-order valence-electron chi connectivity index (χ2n) is 4.75. The summed E-state index contributed by atoms with van der Waals surface area (Å²) in [6.07, 6.45) is 1.94. The summed E-state index contributed by atoms with van der Waals surface area (Å²) in [4.78, 5) is 6.91. The topological polar surface area (TPSA) is 24.8 Å². The van der Waals surface area contributed by atoms with E-state index in [0.29, 0.717) is 0 Å². The van der Waals surface area contributed by atoms with Crippen LogP contribution in [0.1, 0.15) is 5.56 Å². The maximum atomic E-state index is 5.42. The molecule has 0 radical (unpaired) electrons. The molecule has 3 heteroatoms. The lowest BCUT2D eigenvalue weighted by molar-refractivity contribution is 0.122. The molecule has 3 rings (SSSR count). The summed E-state index contributed by atoms with van der Waals surface area (Å²) in [5.41, 5.74) is 3.36. The fourth-order valence-corrected chi connectivity index (χ4v) is 2.35. The SMILES string of the molecule is C(=Nc1ccccc1)c1ccccc1N1CCOCC1. The molecule has 1 saturated heterocycles. The van der Waals surface area contributed by atoms with Gasteiger partial charge in [-0.1, -0.05) is 36.4 Å². The first-order chi connectivity index (χ1) is 9.93. The Bertz CT molecular complexity index is 575. The summed E-state index contributed by atoms with van der Waals surface area (Å²) in [6, 6.07) is 18.4. The second-order valence-corrected chi connectivity index (χ2v) is 4.75. The first kappa shape index (κ1) is 12.9. The molecule has 0 aromatic heterocycles. The third-order valence-electron chi connectivity index (χ3n) is 3.40. The summed E-state index contributed by atoms with van der Waals surface area (Å²) < 4.78 is 5.42. The van der Waals surface area contributed by atoms with E-state index < -0.39 is 0 Å². The lowest BCUT2D eigenvalue weighted by atomic mass is 10.1. The highest BCUT2D eigenvalue weighted by atomic mass is 16.5. The van der Waals surface area contributed by atoms with Crippen LogP contribution in [0.2, 0.25) is 0 Å². The van der Waals surface area contributed by atoms with E-state index in [4.69, 9.17) is 4.74 Å². The van der Waals surface area contributed by atoms with Crippen LogP contribution in [0.3, 0.4) is 0 Å². The van der Waals surface area contributed by atoms with Gasteiger partial charge in [0.25, 0.3) is 0 Å². The molecule has 3 nitrogen and oxygen atoms in total. The van der Waals surface area contributed by atoms with Gasteiger partial charge in [0.1, 0.15) is 0 Å². The highest BCUT2D eigenvalue weighted by Crippen LogP contribution is 2.21. The van der Waals surface area contributed by atoms with Gasteiger partial charge < -0.3 is 9.64 Å². The van der Waals surface area contributed by atoms with Crippen molar-refractivity contribution in [3.8, 4) is 0 Å². The van der Waals surface area contributed by atoms with Crippen LogP contribution in [-0.4, -0.2) is 32.5 Å². The molecule has 1 aliphatic heterocycles. The van der Waals surface area contributed by atoms with Crippen LogP contribution in [0.4, 0.5) is 11.4 Å². The van der Waals surface area contributed by atoms with Crippen molar-refractivity contribution in [2.45, 2.75) is 0 Å². The minimum absolute atomic E-state index is 0.796. The molecule has 1 heterocycles. The Hall–Kier alpha value is -2.13. The van der Waals surface area contributed by atoms with Crippen molar-refractivity contribution < 1.29 is 4.74 Å². The molecule has 0 unspecified atom stereocenters. The molecular weight excluding hydrogens is 248 g/mol. The minimum atomic E-state index is 0.796. The van der Waals surface area contributed by atoms with Crippen LogP contribution in [0, 0.1) is 0 Å². The Balaban J connectivity index is 1.84. The molecule has 0 spiro atoms. The second kappa shape index (κ2) is 6.35. The van der Waals surface area contributed by atoms with E-state index in [-0.39, 0.29) is 0 Å². The number of aliphatic imine (C=N–C) groups is 1. The molecule has 1 aliphatic rings. The summed E-state index contributed by atoms with van der Waals surface area (Å²) in [7, 11) is 0. The normalized spacial score (nSPS) is 15.7. The zero-order valence-electron chi connectivity index (χ0n) is 11.4. The number of nitrogens with zero attached hydrogens (tertiary/aromatic N) is 2. The Morgan fingerprint density at radius 1 is 0.900 bits per heavy atom. The van der Waals surface area contributed by atoms with Crippen LogP contribution < -0.4 is 4.90 Å². The van der Waals surface area contributed by atoms with Gasteiger partial charge in [-0.25, -0.2) is 0 Å². The standard InChI is InChI=1S/C17H18N2O/c1-2-7-16(8-3-1)18-14-15-6-4-5-9-17(15)19-10-12-20-13-11-19/h1-9,14H,10-13H2. The Kier molecular flexibility index (Phi) is 4.09. The number of ether oxygens (including phenoxy) is 1. The lowest BCUT2D eigenvalue weighted by Crippen LogP contribution is -2.36. The first-order valence-electron chi connectivity index (χ1n) is 6.94. The first-order valence-corrected chi connectivity index (χ1v) is 6.94. The number of rotatable bonds is 3. The van der Waals surface area contributed by atoms with Gasteiger partial charge in [0.2, 0.25) is 0 Å². The summed E-state index contributed by atoms with van der Waals surface area (Å²) in [6.45, 7) is 3.47. The molecule has 2 aromatic rings. The van der Waals surface area contributed by atoms with Crippen molar-refractivity contribution >= 4 is 17.6 Å². The average Bonchev–Trinajstić information content (AvgIpc) is 2.55. The van der Waals surface area contributed by atoms with Crippen LogP contribution >= 0.6 is 0 Å². The number of hydrogen-bond acceptors (Lipinski definition) is 3. The van der Waals surface area contributed by atoms with Crippen molar-refractivity contribution in [1.29, 1.82) is 0 Å². The molecule has 0 atom stereocenters. The zero-order valence-corrected chi connectivity index (χ0v) is 11.4. The lowest BCUT2D eigenvalue weighted by Gasteiger charge is -2.30. The molecule has 2 aromatic carbocycles. The Morgan fingerprint density at radius 3 is 2.40 bits per heavy atom. The number of para-hydroxylation sites is 2. The van der Waals surface area contributed by atoms with Crippen molar-refractivity contribution in [3.63, 3.8) is 0 Å². The van der Waals surface area contributed by atoms with E-state index in [2.05, 4.69) is 34.2 Å². The van der Waals surface area contributed by atoms with Gasteiger partial charge in [-0.15, -0.1) is 0 Å². The van der Waals surface area contributed by atoms with Crippen molar-refractivity contribution in [1.82, 2.24) is 0 Å². The maximum Gasteiger partial charge on any atom is 0.0642 e. The minimum Gasteiger partial charge on any atom is -0.378 e. The third-order valence-corrected chi connectivity index (χ3v) is 3.40. The fraction of sp³-hybridized carbons (Fsp3) is 0.235. The van der Waals surface area contributed by atoms with E-state index in [1.54, 1.807) is 0 Å². The van der Waals surface area contributed by atoms with Crippen molar-refractivity contribution in [3.05, 3.63) is 60.2 Å². The summed E-state index contributed by atoms with van der Waals surface area (Å²) >= 11 is 0. The van der Waals surface area contributed by atoms with Gasteiger partial charge in [-0.3, -0.25) is 4.99 Å². The summed E-state index contributed by atoms with van der Waals surface area (Å²) in [5.74, 6) is 0. The highest BCUT2D eigenvalue weighted by Gasteiger charge is 2.13. The molecule has 0 saturated carbocycles. The third kappa shape index (κ3) is 3.06. The fourth-order valence-electron chi connectivity index (χ4n) is 2.35. The highest BCUT2D eigenvalue weighted by molar-refractivity contribution is 5.89. The van der Waals surface area contributed by atoms with Crippen LogP contribution in [0.25, 0.3) is 0 Å². The largest absolute Gasteiger partial charge is 0.378 e. The number of morpholine rings is 1. The number of hydrogen-bond donors (Lipinski definition) is 0. The monoisotopic (exact) mass is 266 g/mol. The molecule has 1 fully saturated rings. The van der Waals surface area contributed by atoms with Crippen molar-refractivity contribution in [2.24, 2.45) is 4.99 Å². The molecular formula is C17H18N2O. The van der Waals surface area contributed by atoms with E-state index in [9.17, 15) is 0 Å². The van der Waals surface area contributed by atoms with Gasteiger partial charge >= 0.3 is 0 Å². The molecule has 0 amide bonds. The molecule has 0 N–H and O–H groups in total. The molecule has 0 aliphatic carbocycles. The number of benzene rings is 2. The van der Waals surface area contributed by atoms with E-state index in [1.807, 2.05) is 36.5 Å². The molecule has 0 bridgehead atoms. The maximum absolute atomic E-state index is 5.42. The zero-order chi connectivity index (χ0) is 13.6. The van der Waals surface area contributed by atoms with Gasteiger partial charge in [0.15, 0.2) is 0 Å². The van der Waals surface area contributed by atoms with Gasteiger partial charge in [-0.05, 0) is 18.2 Å². The van der Waals surface area contributed by atoms with Crippen LogP contribution in [-0.2, 0) is 4.74 Å². The van der Waals surface area contributed by atoms with E-state index in [1.165, 1.54) is 5.69 Å². The number of anilines is 1. The Labute approximate surface area is 119 Å². The quantitative estimate of drug-likeness (QED) is 0.796. The smallest absolute Gasteiger partial charge is 0.0642 e. The molecule has 20 heavy (non-hydrogen) atoms. The van der Waals surface area contributed by atoms with Crippen LogP contribution in [0.5, 0.6) is 0 Å². The van der Waals surface area contributed by atoms with Crippen molar-refractivity contribution in [2.75, 3.05) is 31.2 Å².